The fourth-order valence-corrected chi connectivity index (χ4v) is 2.38. The first kappa shape index (κ1) is 25.1. The second-order valence-corrected chi connectivity index (χ2v) is 5.78. The minimum absolute atomic E-state index is 0. The van der Waals surface area contributed by atoms with Crippen LogP contribution in [0.5, 0.6) is 0 Å². The van der Waals surface area contributed by atoms with Crippen molar-refractivity contribution in [2.24, 2.45) is 0 Å². The number of aliphatic hydroxyl groups is 1. The molecular formula is C18H33KO3. The molecule has 0 saturated heterocycles. The topological polar surface area (TPSA) is 60.4 Å². The fourth-order valence-electron chi connectivity index (χ4n) is 2.38. The zero-order valence-electron chi connectivity index (χ0n) is 14.5. The van der Waals surface area contributed by atoms with Crippen LogP contribution >= 0.6 is 0 Å². The summed E-state index contributed by atoms with van der Waals surface area (Å²) in [4.78, 5) is 10.2. The molecule has 0 fully saturated rings. The molecule has 22 heavy (non-hydrogen) atoms. The van der Waals surface area contributed by atoms with E-state index in [9.17, 15) is 9.90 Å². The van der Waals surface area contributed by atoms with Crippen LogP contribution in [-0.2, 0) is 4.79 Å². The first-order valence-corrected chi connectivity index (χ1v) is 8.73. The Bertz CT molecular complexity index is 255. The van der Waals surface area contributed by atoms with Gasteiger partial charge in [0.25, 0.3) is 0 Å². The first-order chi connectivity index (χ1) is 10.3. The van der Waals surface area contributed by atoms with Crippen LogP contribution in [0.25, 0.3) is 0 Å². The summed E-state index contributed by atoms with van der Waals surface area (Å²) in [5.41, 5.74) is 0. The third-order valence-electron chi connectivity index (χ3n) is 3.70. The summed E-state index contributed by atoms with van der Waals surface area (Å²) in [6.45, 7) is 0.333. The number of carbonyl (C=O) groups is 1. The molecule has 3 nitrogen and oxygen atoms in total. The van der Waals surface area contributed by atoms with Crippen molar-refractivity contribution in [2.75, 3.05) is 6.61 Å². The van der Waals surface area contributed by atoms with Crippen LogP contribution in [0, 0.1) is 0 Å². The van der Waals surface area contributed by atoms with Gasteiger partial charge in [-0.05, 0) is 44.9 Å². The quantitative estimate of drug-likeness (QED) is 0.257. The molecule has 124 valence electrons. The van der Waals surface area contributed by atoms with Gasteiger partial charge in [0.05, 0.1) is 0 Å². The average molecular weight is 337 g/mol. The average Bonchev–Trinajstić information content (AvgIpc) is 2.46. The summed E-state index contributed by atoms with van der Waals surface area (Å²) >= 11 is 0. The molecule has 0 heterocycles. The number of aliphatic hydroxyl groups excluding tert-OH is 1. The Balaban J connectivity index is 0. The van der Waals surface area contributed by atoms with E-state index in [4.69, 9.17) is 5.11 Å². The van der Waals surface area contributed by atoms with Crippen molar-refractivity contribution >= 4 is 5.97 Å². The van der Waals surface area contributed by atoms with E-state index in [1.54, 1.807) is 0 Å². The number of carboxylic acid groups (broad SMARTS) is 1. The SMILES string of the molecule is O=C([O-])CCCCCCC/C=C\CCCCCCCCO.[K+]. The Hall–Kier alpha value is 0.806. The molecular weight excluding hydrogens is 303 g/mol. The molecule has 0 rings (SSSR count). The Morgan fingerprint density at radius 3 is 1.59 bits per heavy atom. The van der Waals surface area contributed by atoms with Crippen molar-refractivity contribution in [3.8, 4) is 0 Å². The predicted molar refractivity (Wildman–Crippen MR) is 85.9 cm³/mol. The maximum atomic E-state index is 10.2. The Morgan fingerprint density at radius 2 is 1.14 bits per heavy atom. The van der Waals surface area contributed by atoms with E-state index in [1.165, 1.54) is 44.9 Å². The standard InChI is InChI=1S/C18H34O3.K/c19-17-15-13-11-9-7-5-3-1-2-4-6-8-10-12-14-16-18(20)21;/h1-2,19H,3-17H2,(H,20,21);/q;+1/p-1/b2-1-;. The molecule has 0 saturated carbocycles. The maximum Gasteiger partial charge on any atom is 1.00 e. The first-order valence-electron chi connectivity index (χ1n) is 8.73. The molecule has 0 spiro atoms. The molecule has 0 bridgehead atoms. The number of allylic oxidation sites excluding steroid dienone is 2. The second kappa shape index (κ2) is 21.8. The molecule has 0 aromatic carbocycles. The summed E-state index contributed by atoms with van der Waals surface area (Å²) in [7, 11) is 0. The van der Waals surface area contributed by atoms with Gasteiger partial charge in [-0.25, -0.2) is 0 Å². The molecule has 0 radical (unpaired) electrons. The Labute approximate surface area is 179 Å². The van der Waals surface area contributed by atoms with Gasteiger partial charge in [-0.15, -0.1) is 0 Å². The Kier molecular flexibility index (Phi) is 24.8. The number of hydrogen-bond acceptors (Lipinski definition) is 3. The van der Waals surface area contributed by atoms with E-state index in [0.29, 0.717) is 6.61 Å². The van der Waals surface area contributed by atoms with E-state index in [0.717, 1.165) is 38.5 Å². The molecule has 1 N–H and O–H groups in total. The van der Waals surface area contributed by atoms with Crippen LogP contribution in [0.1, 0.15) is 89.9 Å². The summed E-state index contributed by atoms with van der Waals surface area (Å²) < 4.78 is 0. The molecule has 0 aliphatic rings. The van der Waals surface area contributed by atoms with Gasteiger partial charge in [0.2, 0.25) is 0 Å². The summed E-state index contributed by atoms with van der Waals surface area (Å²) in [5.74, 6) is -0.925. The van der Waals surface area contributed by atoms with Gasteiger partial charge in [0, 0.05) is 12.6 Å². The van der Waals surface area contributed by atoms with Gasteiger partial charge in [0.1, 0.15) is 0 Å². The van der Waals surface area contributed by atoms with E-state index in [2.05, 4.69) is 12.2 Å². The summed E-state index contributed by atoms with van der Waals surface area (Å²) in [6.07, 6.45) is 19.7. The van der Waals surface area contributed by atoms with Crippen molar-refractivity contribution < 1.29 is 66.4 Å². The molecule has 0 unspecified atom stereocenters. The zero-order valence-corrected chi connectivity index (χ0v) is 17.6. The van der Waals surface area contributed by atoms with Crippen LogP contribution < -0.4 is 56.5 Å². The van der Waals surface area contributed by atoms with Gasteiger partial charge in [-0.2, -0.15) is 0 Å². The molecule has 0 aliphatic heterocycles. The second-order valence-electron chi connectivity index (χ2n) is 5.78. The number of hydrogen-bond donors (Lipinski definition) is 1. The van der Waals surface area contributed by atoms with E-state index < -0.39 is 5.97 Å². The van der Waals surface area contributed by atoms with E-state index in [-0.39, 0.29) is 57.8 Å². The number of carboxylic acids is 1. The van der Waals surface area contributed by atoms with Crippen LogP contribution in [0.3, 0.4) is 0 Å². The minimum atomic E-state index is -0.925. The summed E-state index contributed by atoms with van der Waals surface area (Å²) in [5, 5.41) is 18.9. The van der Waals surface area contributed by atoms with Crippen LogP contribution in [0.4, 0.5) is 0 Å². The van der Waals surface area contributed by atoms with Crippen LogP contribution in [0.15, 0.2) is 12.2 Å². The molecule has 0 atom stereocenters. The van der Waals surface area contributed by atoms with Gasteiger partial charge in [-0.1, -0.05) is 57.1 Å². The molecule has 0 aromatic heterocycles. The van der Waals surface area contributed by atoms with Crippen LogP contribution in [-0.4, -0.2) is 17.7 Å². The molecule has 0 aromatic rings. The molecule has 0 amide bonds. The predicted octanol–water partition coefficient (Wildman–Crippen LogP) is 0.750. The van der Waals surface area contributed by atoms with Crippen molar-refractivity contribution in [3.63, 3.8) is 0 Å². The molecule has 4 heteroatoms. The van der Waals surface area contributed by atoms with E-state index >= 15 is 0 Å². The van der Waals surface area contributed by atoms with Crippen molar-refractivity contribution in [1.29, 1.82) is 0 Å². The number of carbonyl (C=O) groups excluding carboxylic acids is 1. The monoisotopic (exact) mass is 336 g/mol. The van der Waals surface area contributed by atoms with Gasteiger partial charge >= 0.3 is 51.4 Å². The largest absolute Gasteiger partial charge is 1.00 e. The minimum Gasteiger partial charge on any atom is -0.550 e. The van der Waals surface area contributed by atoms with E-state index in [1.807, 2.05) is 0 Å². The number of rotatable bonds is 16. The van der Waals surface area contributed by atoms with Crippen LogP contribution in [0.2, 0.25) is 0 Å². The van der Waals surface area contributed by atoms with Crippen molar-refractivity contribution in [2.45, 2.75) is 89.9 Å². The third-order valence-corrected chi connectivity index (χ3v) is 3.70. The smallest absolute Gasteiger partial charge is 0.550 e. The van der Waals surface area contributed by atoms with Gasteiger partial charge < -0.3 is 15.0 Å². The normalized spacial score (nSPS) is 10.8. The number of aliphatic carboxylic acids is 1. The number of unbranched alkanes of at least 4 members (excludes halogenated alkanes) is 11. The van der Waals surface area contributed by atoms with Gasteiger partial charge in [0.15, 0.2) is 0 Å². The third kappa shape index (κ3) is 23.1. The van der Waals surface area contributed by atoms with Crippen molar-refractivity contribution in [3.05, 3.63) is 12.2 Å². The van der Waals surface area contributed by atoms with Gasteiger partial charge in [-0.3, -0.25) is 0 Å². The molecule has 0 aliphatic carbocycles. The Morgan fingerprint density at radius 1 is 0.727 bits per heavy atom. The maximum absolute atomic E-state index is 10.2. The fraction of sp³-hybridized carbons (Fsp3) is 0.833. The zero-order chi connectivity index (χ0) is 15.6. The van der Waals surface area contributed by atoms with Crippen molar-refractivity contribution in [1.82, 2.24) is 0 Å². The summed E-state index contributed by atoms with van der Waals surface area (Å²) in [6, 6.07) is 0.